The van der Waals surface area contributed by atoms with Crippen molar-refractivity contribution in [3.63, 3.8) is 0 Å². The summed E-state index contributed by atoms with van der Waals surface area (Å²) in [6, 6.07) is 13.3. The Morgan fingerprint density at radius 3 is 2.62 bits per heavy atom. The zero-order valence-electron chi connectivity index (χ0n) is 16.1. The molecule has 8 nitrogen and oxygen atoms in total. The number of nitrogens with one attached hydrogen (secondary N) is 1. The molecule has 3 rings (SSSR count). The number of rotatable bonds is 6. The van der Waals surface area contributed by atoms with E-state index in [1.165, 1.54) is 17.0 Å². The lowest BCUT2D eigenvalue weighted by atomic mass is 9.90. The van der Waals surface area contributed by atoms with Crippen molar-refractivity contribution in [1.82, 2.24) is 4.90 Å². The molecule has 1 fully saturated rings. The molecule has 152 valence electrons. The molecule has 1 aliphatic heterocycles. The minimum atomic E-state index is -0.929. The summed E-state index contributed by atoms with van der Waals surface area (Å²) in [4.78, 5) is 36.9. The number of carboxylic acid groups (broad SMARTS) is 1. The highest BCUT2D eigenvalue weighted by atomic mass is 16.6. The number of nitrogens with zero attached hydrogens (tertiary/aromatic N) is 2. The maximum Gasteiger partial charge on any atom is 0.308 e. The van der Waals surface area contributed by atoms with Crippen LogP contribution in [0.4, 0.5) is 11.4 Å². The van der Waals surface area contributed by atoms with Crippen molar-refractivity contribution in [2.24, 2.45) is 5.92 Å². The van der Waals surface area contributed by atoms with E-state index in [1.807, 2.05) is 30.3 Å². The third-order valence-electron chi connectivity index (χ3n) is 5.33. The molecule has 1 aliphatic rings. The number of benzene rings is 2. The standard InChI is InChI=1S/C21H23N3O5/c1-14-17(21(26)27)8-5-11-23(14)20(25)16-9-10-18(19(12-16)24(28)29)22-13-15-6-3-2-4-7-15/h2-4,6-7,9-10,12,14,17,22H,5,8,11,13H2,1H3,(H,26,27)/t14-,17-/m1/s1. The maximum atomic E-state index is 12.9. The first-order valence-corrected chi connectivity index (χ1v) is 9.48. The SMILES string of the molecule is C[C@@H]1[C@H](C(=O)O)CCCN1C(=O)c1ccc(NCc2ccccc2)c([N+](=O)[O-])c1. The van der Waals surface area contributed by atoms with Crippen LogP contribution in [0.5, 0.6) is 0 Å². The Balaban J connectivity index is 1.81. The fourth-order valence-electron chi connectivity index (χ4n) is 3.68. The number of carboxylic acids is 1. The Kier molecular flexibility index (Phi) is 6.11. The Bertz CT molecular complexity index is 916. The number of nitro benzene ring substituents is 1. The van der Waals surface area contributed by atoms with E-state index in [2.05, 4.69) is 5.32 Å². The Morgan fingerprint density at radius 2 is 1.97 bits per heavy atom. The molecule has 29 heavy (non-hydrogen) atoms. The highest BCUT2D eigenvalue weighted by Gasteiger charge is 2.36. The highest BCUT2D eigenvalue weighted by Crippen LogP contribution is 2.29. The van der Waals surface area contributed by atoms with Gasteiger partial charge in [0.05, 0.1) is 10.8 Å². The van der Waals surface area contributed by atoms with Gasteiger partial charge in [0, 0.05) is 30.8 Å². The van der Waals surface area contributed by atoms with Gasteiger partial charge >= 0.3 is 5.97 Å². The van der Waals surface area contributed by atoms with Crippen LogP contribution in [0.25, 0.3) is 0 Å². The molecule has 2 atom stereocenters. The second-order valence-electron chi connectivity index (χ2n) is 7.15. The van der Waals surface area contributed by atoms with Crippen LogP contribution in [0, 0.1) is 16.0 Å². The van der Waals surface area contributed by atoms with Crippen molar-refractivity contribution in [2.45, 2.75) is 32.4 Å². The highest BCUT2D eigenvalue weighted by molar-refractivity contribution is 5.96. The number of amides is 1. The van der Waals surface area contributed by atoms with Crippen LogP contribution in [0.2, 0.25) is 0 Å². The quantitative estimate of drug-likeness (QED) is 0.569. The number of aliphatic carboxylic acids is 1. The Hall–Kier alpha value is -3.42. The number of likely N-dealkylation sites (tertiary alicyclic amines) is 1. The summed E-state index contributed by atoms with van der Waals surface area (Å²) in [5, 5.41) is 23.9. The summed E-state index contributed by atoms with van der Waals surface area (Å²) in [6.45, 7) is 2.56. The normalized spacial score (nSPS) is 18.9. The molecule has 0 radical (unpaired) electrons. The summed E-state index contributed by atoms with van der Waals surface area (Å²) < 4.78 is 0. The summed E-state index contributed by atoms with van der Waals surface area (Å²) in [6.07, 6.45) is 1.11. The molecule has 2 aromatic rings. The third kappa shape index (κ3) is 4.53. The number of anilines is 1. The average Bonchev–Trinajstić information content (AvgIpc) is 2.72. The lowest BCUT2D eigenvalue weighted by molar-refractivity contribution is -0.384. The maximum absolute atomic E-state index is 12.9. The molecule has 0 bridgehead atoms. The summed E-state index contributed by atoms with van der Waals surface area (Å²) in [7, 11) is 0. The topological polar surface area (TPSA) is 113 Å². The third-order valence-corrected chi connectivity index (χ3v) is 5.33. The fraction of sp³-hybridized carbons (Fsp3) is 0.333. The van der Waals surface area contributed by atoms with Crippen molar-refractivity contribution < 1.29 is 19.6 Å². The van der Waals surface area contributed by atoms with Crippen molar-refractivity contribution in [2.75, 3.05) is 11.9 Å². The van der Waals surface area contributed by atoms with Gasteiger partial charge in [-0.3, -0.25) is 19.7 Å². The van der Waals surface area contributed by atoms with Crippen molar-refractivity contribution >= 4 is 23.3 Å². The van der Waals surface area contributed by atoms with Gasteiger partial charge in [0.2, 0.25) is 0 Å². The molecular formula is C21H23N3O5. The second kappa shape index (κ2) is 8.72. The van der Waals surface area contributed by atoms with Gasteiger partial charge < -0.3 is 15.3 Å². The number of piperidine rings is 1. The minimum Gasteiger partial charge on any atom is -0.481 e. The van der Waals surface area contributed by atoms with Crippen molar-refractivity contribution in [3.05, 3.63) is 69.8 Å². The van der Waals surface area contributed by atoms with Crippen LogP contribution in [0.3, 0.4) is 0 Å². The van der Waals surface area contributed by atoms with Gasteiger partial charge in [0.1, 0.15) is 5.69 Å². The number of hydrogen-bond acceptors (Lipinski definition) is 5. The van der Waals surface area contributed by atoms with E-state index in [1.54, 1.807) is 13.0 Å². The molecule has 1 amide bonds. The van der Waals surface area contributed by atoms with Crippen LogP contribution in [-0.4, -0.2) is 39.4 Å². The molecule has 2 aromatic carbocycles. The van der Waals surface area contributed by atoms with E-state index < -0.39 is 22.9 Å². The molecule has 1 heterocycles. The summed E-state index contributed by atoms with van der Waals surface area (Å²) >= 11 is 0. The number of carbonyl (C=O) groups excluding carboxylic acids is 1. The zero-order chi connectivity index (χ0) is 21.0. The fourth-order valence-corrected chi connectivity index (χ4v) is 3.68. The van der Waals surface area contributed by atoms with Gasteiger partial charge in [-0.15, -0.1) is 0 Å². The lowest BCUT2D eigenvalue weighted by Gasteiger charge is -2.37. The molecule has 0 aromatic heterocycles. The minimum absolute atomic E-state index is 0.180. The van der Waals surface area contributed by atoms with Gasteiger partial charge in [-0.1, -0.05) is 30.3 Å². The van der Waals surface area contributed by atoms with Crippen molar-refractivity contribution in [1.29, 1.82) is 0 Å². The first-order chi connectivity index (χ1) is 13.9. The van der Waals surface area contributed by atoms with E-state index in [-0.39, 0.29) is 17.2 Å². The van der Waals surface area contributed by atoms with Gasteiger partial charge in [-0.05, 0) is 37.5 Å². The van der Waals surface area contributed by atoms with E-state index >= 15 is 0 Å². The van der Waals surface area contributed by atoms with Gasteiger partial charge in [-0.25, -0.2) is 0 Å². The van der Waals surface area contributed by atoms with E-state index in [0.29, 0.717) is 31.6 Å². The Labute approximate surface area is 168 Å². The van der Waals surface area contributed by atoms with Crippen LogP contribution in [0.15, 0.2) is 48.5 Å². The molecule has 0 unspecified atom stereocenters. The summed E-state index contributed by atoms with van der Waals surface area (Å²) in [5.74, 6) is -1.95. The molecule has 2 N–H and O–H groups in total. The van der Waals surface area contributed by atoms with Crippen LogP contribution >= 0.6 is 0 Å². The van der Waals surface area contributed by atoms with E-state index in [0.717, 1.165) is 5.56 Å². The van der Waals surface area contributed by atoms with Crippen LogP contribution < -0.4 is 5.32 Å². The number of carbonyl (C=O) groups is 2. The van der Waals surface area contributed by atoms with Crippen LogP contribution in [0.1, 0.15) is 35.7 Å². The lowest BCUT2D eigenvalue weighted by Crippen LogP contribution is -2.49. The second-order valence-corrected chi connectivity index (χ2v) is 7.15. The molecular weight excluding hydrogens is 374 g/mol. The first kappa shape index (κ1) is 20.3. The average molecular weight is 397 g/mol. The predicted molar refractivity (Wildman–Crippen MR) is 108 cm³/mol. The molecule has 8 heteroatoms. The van der Waals surface area contributed by atoms with E-state index in [4.69, 9.17) is 0 Å². The van der Waals surface area contributed by atoms with Crippen molar-refractivity contribution in [3.8, 4) is 0 Å². The zero-order valence-corrected chi connectivity index (χ0v) is 16.1. The number of nitro groups is 1. The van der Waals surface area contributed by atoms with Crippen LogP contribution in [-0.2, 0) is 11.3 Å². The number of hydrogen-bond donors (Lipinski definition) is 2. The molecule has 0 spiro atoms. The smallest absolute Gasteiger partial charge is 0.308 e. The Morgan fingerprint density at radius 1 is 1.24 bits per heavy atom. The van der Waals surface area contributed by atoms with E-state index in [9.17, 15) is 24.8 Å². The predicted octanol–water partition coefficient (Wildman–Crippen LogP) is 3.53. The monoisotopic (exact) mass is 397 g/mol. The molecule has 0 saturated carbocycles. The molecule has 1 saturated heterocycles. The summed E-state index contributed by atoms with van der Waals surface area (Å²) in [5.41, 5.74) is 1.29. The van der Waals surface area contributed by atoms with Gasteiger partial charge in [-0.2, -0.15) is 0 Å². The van der Waals surface area contributed by atoms with Gasteiger partial charge in [0.15, 0.2) is 0 Å². The largest absolute Gasteiger partial charge is 0.481 e. The van der Waals surface area contributed by atoms with Gasteiger partial charge in [0.25, 0.3) is 11.6 Å². The first-order valence-electron chi connectivity index (χ1n) is 9.48. The molecule has 0 aliphatic carbocycles.